The number of hydrogen-bond acceptors (Lipinski definition) is 2. The second-order valence-electron chi connectivity index (χ2n) is 5.92. The van der Waals surface area contributed by atoms with Crippen molar-refractivity contribution in [1.82, 2.24) is 20.2 Å². The maximum atomic E-state index is 4.63. The van der Waals surface area contributed by atoms with Crippen LogP contribution in [0.3, 0.4) is 0 Å². The lowest BCUT2D eigenvalue weighted by molar-refractivity contribution is 0.503. The SMILES string of the molecule is CCNC(=NCc1ccccc1)NCc1nccn1CC(C)C. The van der Waals surface area contributed by atoms with Crippen LogP contribution in [0.1, 0.15) is 32.2 Å². The number of hydrogen-bond donors (Lipinski definition) is 2. The molecule has 2 rings (SSSR count). The minimum absolute atomic E-state index is 0.600. The van der Waals surface area contributed by atoms with Crippen LogP contribution in [-0.2, 0) is 19.6 Å². The van der Waals surface area contributed by atoms with Crippen LogP contribution in [0.25, 0.3) is 0 Å². The Kier molecular flexibility index (Phi) is 6.66. The molecule has 2 N–H and O–H groups in total. The smallest absolute Gasteiger partial charge is 0.191 e. The van der Waals surface area contributed by atoms with Crippen molar-refractivity contribution in [3.8, 4) is 0 Å². The van der Waals surface area contributed by atoms with Gasteiger partial charge in [0.2, 0.25) is 0 Å². The predicted molar refractivity (Wildman–Crippen MR) is 95.2 cm³/mol. The number of aliphatic imine (C=N–C) groups is 1. The van der Waals surface area contributed by atoms with Gasteiger partial charge in [-0.05, 0) is 18.4 Å². The van der Waals surface area contributed by atoms with E-state index in [1.165, 1.54) is 5.56 Å². The highest BCUT2D eigenvalue weighted by Gasteiger charge is 2.05. The molecule has 5 nitrogen and oxygen atoms in total. The maximum absolute atomic E-state index is 4.63. The van der Waals surface area contributed by atoms with Gasteiger partial charge in [0.25, 0.3) is 0 Å². The Hall–Kier alpha value is -2.30. The minimum Gasteiger partial charge on any atom is -0.357 e. The van der Waals surface area contributed by atoms with Gasteiger partial charge in [-0.2, -0.15) is 0 Å². The molecule has 0 atom stereocenters. The lowest BCUT2D eigenvalue weighted by Crippen LogP contribution is -2.37. The summed E-state index contributed by atoms with van der Waals surface area (Å²) in [6.45, 7) is 9.64. The van der Waals surface area contributed by atoms with Gasteiger partial charge in [0.1, 0.15) is 5.82 Å². The van der Waals surface area contributed by atoms with Crippen LogP contribution in [0, 0.1) is 5.92 Å². The molecule has 0 saturated heterocycles. The lowest BCUT2D eigenvalue weighted by atomic mass is 10.2. The summed E-state index contributed by atoms with van der Waals surface area (Å²) in [7, 11) is 0. The molecule has 0 unspecified atom stereocenters. The van der Waals surface area contributed by atoms with Gasteiger partial charge in [-0.15, -0.1) is 0 Å². The van der Waals surface area contributed by atoms with Crippen molar-refractivity contribution in [3.05, 3.63) is 54.1 Å². The molecule has 5 heteroatoms. The lowest BCUT2D eigenvalue weighted by Gasteiger charge is -2.13. The summed E-state index contributed by atoms with van der Waals surface area (Å²) >= 11 is 0. The van der Waals surface area contributed by atoms with E-state index >= 15 is 0 Å². The van der Waals surface area contributed by atoms with E-state index in [1.807, 2.05) is 30.6 Å². The summed E-state index contributed by atoms with van der Waals surface area (Å²) in [5, 5.41) is 6.64. The molecule has 2 aromatic rings. The van der Waals surface area contributed by atoms with Gasteiger partial charge in [-0.1, -0.05) is 44.2 Å². The highest BCUT2D eigenvalue weighted by atomic mass is 15.2. The number of rotatable bonds is 7. The minimum atomic E-state index is 0.600. The van der Waals surface area contributed by atoms with Crippen molar-refractivity contribution >= 4 is 5.96 Å². The van der Waals surface area contributed by atoms with E-state index in [-0.39, 0.29) is 0 Å². The average molecular weight is 313 g/mol. The second kappa shape index (κ2) is 8.98. The van der Waals surface area contributed by atoms with Crippen LogP contribution < -0.4 is 10.6 Å². The Morgan fingerprint density at radius 3 is 2.70 bits per heavy atom. The van der Waals surface area contributed by atoms with Crippen molar-refractivity contribution in [2.75, 3.05) is 6.54 Å². The normalized spacial score (nSPS) is 11.7. The monoisotopic (exact) mass is 313 g/mol. The van der Waals surface area contributed by atoms with Crippen molar-refractivity contribution < 1.29 is 0 Å². The van der Waals surface area contributed by atoms with Crippen LogP contribution in [0.5, 0.6) is 0 Å². The van der Waals surface area contributed by atoms with Crippen LogP contribution in [0.2, 0.25) is 0 Å². The van der Waals surface area contributed by atoms with Crippen LogP contribution in [-0.4, -0.2) is 22.1 Å². The van der Waals surface area contributed by atoms with E-state index in [0.717, 1.165) is 24.9 Å². The molecule has 1 heterocycles. The number of nitrogens with zero attached hydrogens (tertiary/aromatic N) is 3. The molecule has 0 aliphatic heterocycles. The number of imidazole rings is 1. The molecule has 0 fully saturated rings. The van der Waals surface area contributed by atoms with Crippen LogP contribution in [0.4, 0.5) is 0 Å². The van der Waals surface area contributed by atoms with Gasteiger partial charge in [0, 0.05) is 25.5 Å². The van der Waals surface area contributed by atoms with Gasteiger partial charge in [-0.25, -0.2) is 9.98 Å². The fraction of sp³-hybridized carbons (Fsp3) is 0.444. The Labute approximate surface area is 138 Å². The first kappa shape index (κ1) is 17.1. The molecule has 0 spiro atoms. The molecule has 0 radical (unpaired) electrons. The van der Waals surface area contributed by atoms with Crippen molar-refractivity contribution in [2.45, 2.75) is 40.4 Å². The molecule has 0 aliphatic carbocycles. The fourth-order valence-electron chi connectivity index (χ4n) is 2.33. The highest BCUT2D eigenvalue weighted by Crippen LogP contribution is 2.04. The molecule has 0 bridgehead atoms. The van der Waals surface area contributed by atoms with E-state index in [9.17, 15) is 0 Å². The van der Waals surface area contributed by atoms with Gasteiger partial charge >= 0.3 is 0 Å². The fourth-order valence-corrected chi connectivity index (χ4v) is 2.33. The van der Waals surface area contributed by atoms with E-state index < -0.39 is 0 Å². The number of aromatic nitrogens is 2. The molecular weight excluding hydrogens is 286 g/mol. The van der Waals surface area contributed by atoms with Gasteiger partial charge in [0.15, 0.2) is 5.96 Å². The summed E-state index contributed by atoms with van der Waals surface area (Å²) < 4.78 is 2.19. The number of guanidine groups is 1. The van der Waals surface area contributed by atoms with Gasteiger partial charge in [-0.3, -0.25) is 0 Å². The second-order valence-corrected chi connectivity index (χ2v) is 5.92. The van der Waals surface area contributed by atoms with Crippen LogP contribution in [0.15, 0.2) is 47.7 Å². The van der Waals surface area contributed by atoms with E-state index in [0.29, 0.717) is 19.0 Å². The standard InChI is InChI=1S/C18H27N5/c1-4-19-18(21-12-16-8-6-5-7-9-16)22-13-17-20-10-11-23(17)14-15(2)3/h5-11,15H,4,12-14H2,1-3H3,(H2,19,21,22). The molecule has 1 aromatic carbocycles. The number of nitrogens with one attached hydrogen (secondary N) is 2. The van der Waals surface area contributed by atoms with Crippen molar-refractivity contribution in [1.29, 1.82) is 0 Å². The first-order valence-corrected chi connectivity index (χ1v) is 8.25. The zero-order valence-electron chi connectivity index (χ0n) is 14.3. The quantitative estimate of drug-likeness (QED) is 0.610. The third kappa shape index (κ3) is 5.77. The summed E-state index contributed by atoms with van der Waals surface area (Å²) in [6.07, 6.45) is 3.89. The zero-order valence-corrected chi connectivity index (χ0v) is 14.3. The largest absolute Gasteiger partial charge is 0.357 e. The Balaban J connectivity index is 1.95. The van der Waals surface area contributed by atoms with Gasteiger partial charge < -0.3 is 15.2 Å². The topological polar surface area (TPSA) is 54.2 Å². The third-order valence-electron chi connectivity index (χ3n) is 3.38. The molecule has 0 amide bonds. The van der Waals surface area contributed by atoms with E-state index in [2.05, 4.69) is 58.1 Å². The molecule has 0 aliphatic rings. The van der Waals surface area contributed by atoms with Crippen molar-refractivity contribution in [3.63, 3.8) is 0 Å². The first-order valence-electron chi connectivity index (χ1n) is 8.25. The molecule has 124 valence electrons. The first-order chi connectivity index (χ1) is 11.2. The maximum Gasteiger partial charge on any atom is 0.191 e. The Bertz CT molecular complexity index is 601. The Morgan fingerprint density at radius 1 is 1.22 bits per heavy atom. The molecular formula is C18H27N5. The van der Waals surface area contributed by atoms with E-state index in [4.69, 9.17) is 0 Å². The summed E-state index contributed by atoms with van der Waals surface area (Å²) in [5.74, 6) is 2.45. The van der Waals surface area contributed by atoms with Crippen molar-refractivity contribution in [2.24, 2.45) is 10.9 Å². The zero-order chi connectivity index (χ0) is 16.5. The third-order valence-corrected chi connectivity index (χ3v) is 3.38. The van der Waals surface area contributed by atoms with Gasteiger partial charge in [0.05, 0.1) is 13.1 Å². The average Bonchev–Trinajstić information content (AvgIpc) is 2.97. The number of benzene rings is 1. The van der Waals surface area contributed by atoms with E-state index in [1.54, 1.807) is 0 Å². The molecule has 1 aromatic heterocycles. The summed E-state index contributed by atoms with van der Waals surface area (Å²) in [6, 6.07) is 10.3. The highest BCUT2D eigenvalue weighted by molar-refractivity contribution is 5.79. The molecule has 23 heavy (non-hydrogen) atoms. The predicted octanol–water partition coefficient (Wildman–Crippen LogP) is 2.79. The van der Waals surface area contributed by atoms with Crippen LogP contribution >= 0.6 is 0 Å². The summed E-state index contributed by atoms with van der Waals surface area (Å²) in [4.78, 5) is 9.07. The summed E-state index contributed by atoms with van der Waals surface area (Å²) in [5.41, 5.74) is 1.20. The Morgan fingerprint density at radius 2 is 2.00 bits per heavy atom. The molecule has 0 saturated carbocycles.